The van der Waals surface area contributed by atoms with Gasteiger partial charge in [-0.1, -0.05) is 19.1 Å². The van der Waals surface area contributed by atoms with Crippen LogP contribution in [0.1, 0.15) is 34.1 Å². The number of carbonyl (C=O) groups is 2. The summed E-state index contributed by atoms with van der Waals surface area (Å²) in [5, 5.41) is 0. The third kappa shape index (κ3) is 4.45. The molecule has 1 heterocycles. The average molecular weight is 370 g/mol. The van der Waals surface area contributed by atoms with Gasteiger partial charge in [0.1, 0.15) is 11.6 Å². The van der Waals surface area contributed by atoms with E-state index < -0.39 is 5.82 Å². The number of amides is 2. The highest BCUT2D eigenvalue weighted by atomic mass is 19.1. The van der Waals surface area contributed by atoms with Crippen molar-refractivity contribution in [3.05, 3.63) is 65.5 Å². The van der Waals surface area contributed by atoms with Crippen LogP contribution >= 0.6 is 0 Å². The first-order valence-electron chi connectivity index (χ1n) is 9.16. The highest BCUT2D eigenvalue weighted by molar-refractivity contribution is 5.96. The molecule has 5 nitrogen and oxygen atoms in total. The van der Waals surface area contributed by atoms with E-state index >= 15 is 0 Å². The summed E-state index contributed by atoms with van der Waals surface area (Å²) in [5.74, 6) is -0.187. The molecule has 3 rings (SSSR count). The van der Waals surface area contributed by atoms with Crippen molar-refractivity contribution >= 4 is 11.8 Å². The van der Waals surface area contributed by atoms with Gasteiger partial charge in [-0.3, -0.25) is 9.59 Å². The van der Waals surface area contributed by atoms with E-state index in [-0.39, 0.29) is 17.4 Å². The van der Waals surface area contributed by atoms with E-state index in [1.165, 1.54) is 12.1 Å². The molecule has 0 spiro atoms. The third-order valence-electron chi connectivity index (χ3n) is 4.53. The van der Waals surface area contributed by atoms with Gasteiger partial charge >= 0.3 is 0 Å². The van der Waals surface area contributed by atoms with Gasteiger partial charge in [0.25, 0.3) is 11.8 Å². The van der Waals surface area contributed by atoms with Gasteiger partial charge in [0.2, 0.25) is 0 Å². The molecule has 0 aromatic heterocycles. The molecule has 0 N–H and O–H groups in total. The molecule has 0 atom stereocenters. The highest BCUT2D eigenvalue weighted by Crippen LogP contribution is 2.16. The largest absolute Gasteiger partial charge is 0.494 e. The standard InChI is InChI=1S/C21H23FN2O3/c1-2-15-27-17-9-7-16(8-10-17)20(25)23-11-13-24(14-12-23)21(26)18-5-3-4-6-19(18)22/h3-10H,2,11-15H2,1H3. The van der Waals surface area contributed by atoms with Crippen LogP contribution in [0.5, 0.6) is 5.75 Å². The van der Waals surface area contributed by atoms with E-state index in [9.17, 15) is 14.0 Å². The lowest BCUT2D eigenvalue weighted by Crippen LogP contribution is -2.50. The first kappa shape index (κ1) is 18.9. The number of ether oxygens (including phenoxy) is 1. The van der Waals surface area contributed by atoms with Crippen molar-refractivity contribution in [3.8, 4) is 5.75 Å². The van der Waals surface area contributed by atoms with Crippen molar-refractivity contribution in [1.82, 2.24) is 9.80 Å². The zero-order chi connectivity index (χ0) is 19.2. The number of piperazine rings is 1. The maximum Gasteiger partial charge on any atom is 0.256 e. The first-order chi connectivity index (χ1) is 13.1. The van der Waals surface area contributed by atoms with Gasteiger partial charge in [-0.2, -0.15) is 0 Å². The van der Waals surface area contributed by atoms with Crippen molar-refractivity contribution in [1.29, 1.82) is 0 Å². The van der Waals surface area contributed by atoms with Crippen LogP contribution in [0.25, 0.3) is 0 Å². The molecule has 0 aliphatic carbocycles. The number of hydrogen-bond acceptors (Lipinski definition) is 3. The summed E-state index contributed by atoms with van der Waals surface area (Å²) >= 11 is 0. The minimum atomic E-state index is -0.522. The van der Waals surface area contributed by atoms with Gasteiger partial charge < -0.3 is 14.5 Å². The molecule has 1 saturated heterocycles. The summed E-state index contributed by atoms with van der Waals surface area (Å²) < 4.78 is 19.3. The summed E-state index contributed by atoms with van der Waals surface area (Å²) in [6, 6.07) is 13.1. The summed E-state index contributed by atoms with van der Waals surface area (Å²) in [7, 11) is 0. The summed E-state index contributed by atoms with van der Waals surface area (Å²) in [5.41, 5.74) is 0.660. The second-order valence-electron chi connectivity index (χ2n) is 6.44. The Bertz CT molecular complexity index is 799. The fourth-order valence-electron chi connectivity index (χ4n) is 3.01. The lowest BCUT2D eigenvalue weighted by Gasteiger charge is -2.35. The number of carbonyl (C=O) groups excluding carboxylic acids is 2. The van der Waals surface area contributed by atoms with Crippen molar-refractivity contribution in [2.75, 3.05) is 32.8 Å². The molecule has 142 valence electrons. The molecule has 6 heteroatoms. The molecule has 0 radical (unpaired) electrons. The molecule has 2 amide bonds. The van der Waals surface area contributed by atoms with Crippen molar-refractivity contribution in [2.45, 2.75) is 13.3 Å². The lowest BCUT2D eigenvalue weighted by atomic mass is 10.1. The molecule has 0 saturated carbocycles. The number of hydrogen-bond donors (Lipinski definition) is 0. The predicted octanol–water partition coefficient (Wildman–Crippen LogP) is 3.21. The van der Waals surface area contributed by atoms with Crippen LogP contribution in [0.2, 0.25) is 0 Å². The molecule has 1 aliphatic heterocycles. The number of benzene rings is 2. The Morgan fingerprint density at radius 2 is 1.52 bits per heavy atom. The fourth-order valence-corrected chi connectivity index (χ4v) is 3.01. The molecule has 0 unspecified atom stereocenters. The molecular weight excluding hydrogens is 347 g/mol. The summed E-state index contributed by atoms with van der Waals surface area (Å²) in [6.45, 7) is 4.30. The molecule has 0 bridgehead atoms. The minimum Gasteiger partial charge on any atom is -0.494 e. The second kappa shape index (κ2) is 8.66. The number of halogens is 1. The SMILES string of the molecule is CCCOc1ccc(C(=O)N2CCN(C(=O)c3ccccc3F)CC2)cc1. The minimum absolute atomic E-state index is 0.0694. The third-order valence-corrected chi connectivity index (χ3v) is 4.53. The Hall–Kier alpha value is -2.89. The topological polar surface area (TPSA) is 49.9 Å². The smallest absolute Gasteiger partial charge is 0.256 e. The van der Waals surface area contributed by atoms with E-state index in [1.807, 2.05) is 6.92 Å². The normalized spacial score (nSPS) is 14.1. The maximum atomic E-state index is 13.8. The predicted molar refractivity (Wildman–Crippen MR) is 100 cm³/mol. The van der Waals surface area contributed by atoms with Gasteiger partial charge in [0.15, 0.2) is 0 Å². The molecule has 2 aromatic carbocycles. The molecular formula is C21H23FN2O3. The molecule has 1 fully saturated rings. The summed E-state index contributed by atoms with van der Waals surface area (Å²) in [6.07, 6.45) is 0.927. The Morgan fingerprint density at radius 3 is 2.11 bits per heavy atom. The van der Waals surface area contributed by atoms with E-state index in [4.69, 9.17) is 4.74 Å². The second-order valence-corrected chi connectivity index (χ2v) is 6.44. The van der Waals surface area contributed by atoms with Gasteiger partial charge in [-0.15, -0.1) is 0 Å². The Morgan fingerprint density at radius 1 is 0.926 bits per heavy atom. The van der Waals surface area contributed by atoms with Crippen LogP contribution < -0.4 is 4.74 Å². The van der Waals surface area contributed by atoms with E-state index in [0.717, 1.165) is 12.2 Å². The molecule has 2 aromatic rings. The van der Waals surface area contributed by atoms with E-state index in [0.29, 0.717) is 38.3 Å². The van der Waals surface area contributed by atoms with Crippen LogP contribution in [0.15, 0.2) is 48.5 Å². The van der Waals surface area contributed by atoms with Crippen LogP contribution in [-0.2, 0) is 0 Å². The van der Waals surface area contributed by atoms with Crippen LogP contribution in [0, 0.1) is 5.82 Å². The van der Waals surface area contributed by atoms with Crippen LogP contribution in [0.3, 0.4) is 0 Å². The van der Waals surface area contributed by atoms with Crippen LogP contribution in [0.4, 0.5) is 4.39 Å². The number of nitrogens with zero attached hydrogens (tertiary/aromatic N) is 2. The van der Waals surface area contributed by atoms with Crippen molar-refractivity contribution < 1.29 is 18.7 Å². The van der Waals surface area contributed by atoms with Gasteiger partial charge in [-0.25, -0.2) is 4.39 Å². The zero-order valence-corrected chi connectivity index (χ0v) is 15.4. The van der Waals surface area contributed by atoms with Crippen molar-refractivity contribution in [3.63, 3.8) is 0 Å². The van der Waals surface area contributed by atoms with Gasteiger partial charge in [0.05, 0.1) is 12.2 Å². The highest BCUT2D eigenvalue weighted by Gasteiger charge is 2.26. The molecule has 1 aliphatic rings. The van der Waals surface area contributed by atoms with Gasteiger partial charge in [-0.05, 0) is 42.8 Å². The average Bonchev–Trinajstić information content (AvgIpc) is 2.72. The molecule has 27 heavy (non-hydrogen) atoms. The Balaban J connectivity index is 1.58. The van der Waals surface area contributed by atoms with E-state index in [2.05, 4.69) is 0 Å². The zero-order valence-electron chi connectivity index (χ0n) is 15.4. The maximum absolute atomic E-state index is 13.8. The van der Waals surface area contributed by atoms with Gasteiger partial charge in [0, 0.05) is 31.7 Å². The summed E-state index contributed by atoms with van der Waals surface area (Å²) in [4.78, 5) is 28.4. The Kier molecular flexibility index (Phi) is 6.06. The quantitative estimate of drug-likeness (QED) is 0.812. The lowest BCUT2D eigenvalue weighted by molar-refractivity contribution is 0.0533. The monoisotopic (exact) mass is 370 g/mol. The first-order valence-corrected chi connectivity index (χ1v) is 9.16. The van der Waals surface area contributed by atoms with Crippen LogP contribution in [-0.4, -0.2) is 54.4 Å². The van der Waals surface area contributed by atoms with E-state index in [1.54, 1.807) is 46.2 Å². The number of rotatable bonds is 5. The fraction of sp³-hybridized carbons (Fsp3) is 0.333. The Labute approximate surface area is 158 Å². The van der Waals surface area contributed by atoms with Crippen molar-refractivity contribution in [2.24, 2.45) is 0 Å².